The van der Waals surface area contributed by atoms with Crippen molar-refractivity contribution in [3.63, 3.8) is 0 Å². The van der Waals surface area contributed by atoms with Gasteiger partial charge in [0, 0.05) is 18.1 Å². The molecule has 6 heteroatoms. The molecule has 1 heterocycles. The van der Waals surface area contributed by atoms with Gasteiger partial charge in [-0.15, -0.1) is 16.9 Å². The third-order valence-electron chi connectivity index (χ3n) is 2.71. The van der Waals surface area contributed by atoms with Gasteiger partial charge in [-0.2, -0.15) is 0 Å². The highest BCUT2D eigenvalue weighted by Crippen LogP contribution is 2.20. The summed E-state index contributed by atoms with van der Waals surface area (Å²) >= 11 is 1.70. The fourth-order valence-corrected chi connectivity index (χ4v) is 2.24. The Labute approximate surface area is 123 Å². The van der Waals surface area contributed by atoms with E-state index in [1.807, 2.05) is 38.4 Å². The van der Waals surface area contributed by atoms with Gasteiger partial charge in [0.25, 0.3) is 0 Å². The lowest BCUT2D eigenvalue weighted by Crippen LogP contribution is -2.09. The van der Waals surface area contributed by atoms with Crippen molar-refractivity contribution in [3.05, 3.63) is 36.2 Å². The molecular formula is C14H19N3O2S. The average molecular weight is 293 g/mol. The zero-order chi connectivity index (χ0) is 14.4. The third kappa shape index (κ3) is 3.59. The molecule has 0 atom stereocenters. The number of hydrogen-bond acceptors (Lipinski definition) is 5. The molecular weight excluding hydrogens is 274 g/mol. The van der Waals surface area contributed by atoms with Crippen LogP contribution in [0.25, 0.3) is 5.69 Å². The lowest BCUT2D eigenvalue weighted by molar-refractivity contribution is -0.142. The van der Waals surface area contributed by atoms with Gasteiger partial charge in [0.1, 0.15) is 5.69 Å². The largest absolute Gasteiger partial charge is 0.347 e. The minimum Gasteiger partial charge on any atom is -0.347 e. The van der Waals surface area contributed by atoms with Crippen LogP contribution < -0.4 is 0 Å². The summed E-state index contributed by atoms with van der Waals surface area (Å²) in [4.78, 5) is 1.19. The molecule has 5 nitrogen and oxygen atoms in total. The Morgan fingerprint density at radius 1 is 1.25 bits per heavy atom. The molecule has 0 unspecified atom stereocenters. The molecule has 0 N–H and O–H groups in total. The number of benzene rings is 1. The highest BCUT2D eigenvalue weighted by atomic mass is 32.2. The minimum atomic E-state index is -0.456. The number of rotatable bonds is 7. The molecule has 0 saturated carbocycles. The number of ether oxygens (including phenoxy) is 2. The van der Waals surface area contributed by atoms with Crippen molar-refractivity contribution in [2.75, 3.05) is 19.5 Å². The summed E-state index contributed by atoms with van der Waals surface area (Å²) in [5.74, 6) is 0. The van der Waals surface area contributed by atoms with Crippen LogP contribution in [0.2, 0.25) is 0 Å². The van der Waals surface area contributed by atoms with E-state index < -0.39 is 6.29 Å². The molecule has 0 fully saturated rings. The Bertz CT molecular complexity index is 539. The monoisotopic (exact) mass is 293 g/mol. The number of thioether (sulfide) groups is 1. The normalized spacial score (nSPS) is 11.2. The first-order chi connectivity index (χ1) is 9.78. The van der Waals surface area contributed by atoms with Crippen LogP contribution in [-0.4, -0.2) is 34.5 Å². The Balaban J connectivity index is 2.22. The average Bonchev–Trinajstić information content (AvgIpc) is 2.97. The SMILES string of the molecule is CCOC(OCC)c1cn(-c2cccc(SC)c2)nn1. The van der Waals surface area contributed by atoms with E-state index >= 15 is 0 Å². The molecule has 0 radical (unpaired) electrons. The summed E-state index contributed by atoms with van der Waals surface area (Å²) in [5, 5.41) is 8.29. The maximum atomic E-state index is 5.52. The van der Waals surface area contributed by atoms with Crippen molar-refractivity contribution in [2.45, 2.75) is 25.0 Å². The van der Waals surface area contributed by atoms with Crippen molar-refractivity contribution in [2.24, 2.45) is 0 Å². The van der Waals surface area contributed by atoms with Gasteiger partial charge in [-0.1, -0.05) is 11.3 Å². The second-order valence-corrected chi connectivity index (χ2v) is 4.91. The zero-order valence-electron chi connectivity index (χ0n) is 11.9. The molecule has 1 aromatic carbocycles. The Hall–Kier alpha value is -1.37. The van der Waals surface area contributed by atoms with Crippen molar-refractivity contribution in [1.82, 2.24) is 15.0 Å². The Morgan fingerprint density at radius 3 is 2.65 bits per heavy atom. The van der Waals surface area contributed by atoms with E-state index in [4.69, 9.17) is 9.47 Å². The molecule has 2 aromatic rings. The first kappa shape index (κ1) is 15.0. The fourth-order valence-electron chi connectivity index (χ4n) is 1.79. The minimum absolute atomic E-state index is 0.456. The van der Waals surface area contributed by atoms with Gasteiger partial charge in [0.15, 0.2) is 0 Å². The molecule has 1 aromatic heterocycles. The van der Waals surface area contributed by atoms with Crippen LogP contribution in [0.15, 0.2) is 35.4 Å². The highest BCUT2D eigenvalue weighted by molar-refractivity contribution is 7.98. The van der Waals surface area contributed by atoms with Gasteiger partial charge in [-0.05, 0) is 38.3 Å². The molecule has 0 aliphatic carbocycles. The van der Waals surface area contributed by atoms with E-state index in [1.165, 1.54) is 4.90 Å². The Morgan fingerprint density at radius 2 is 2.00 bits per heavy atom. The third-order valence-corrected chi connectivity index (χ3v) is 3.43. The van der Waals surface area contributed by atoms with Gasteiger partial charge in [0.05, 0.1) is 11.9 Å². The van der Waals surface area contributed by atoms with E-state index in [-0.39, 0.29) is 0 Å². The van der Waals surface area contributed by atoms with Crippen LogP contribution >= 0.6 is 11.8 Å². The molecule has 0 aliphatic rings. The van der Waals surface area contributed by atoms with Crippen LogP contribution in [0.3, 0.4) is 0 Å². The van der Waals surface area contributed by atoms with Crippen molar-refractivity contribution < 1.29 is 9.47 Å². The fraction of sp³-hybridized carbons (Fsp3) is 0.429. The van der Waals surface area contributed by atoms with E-state index in [9.17, 15) is 0 Å². The molecule has 0 amide bonds. The summed E-state index contributed by atoms with van der Waals surface area (Å²) in [6, 6.07) is 8.13. The molecule has 20 heavy (non-hydrogen) atoms. The van der Waals surface area contributed by atoms with Gasteiger partial charge in [0.2, 0.25) is 6.29 Å². The van der Waals surface area contributed by atoms with Crippen LogP contribution in [0.1, 0.15) is 25.8 Å². The summed E-state index contributed by atoms with van der Waals surface area (Å²) in [7, 11) is 0. The lowest BCUT2D eigenvalue weighted by atomic mass is 10.3. The van der Waals surface area contributed by atoms with Crippen molar-refractivity contribution >= 4 is 11.8 Å². The summed E-state index contributed by atoms with van der Waals surface area (Å²) in [6.07, 6.45) is 3.43. The van der Waals surface area contributed by atoms with Crippen LogP contribution in [0.5, 0.6) is 0 Å². The number of hydrogen-bond donors (Lipinski definition) is 0. The van der Waals surface area contributed by atoms with Gasteiger partial charge in [-0.3, -0.25) is 0 Å². The quantitative estimate of drug-likeness (QED) is 0.580. The number of nitrogens with zero attached hydrogens (tertiary/aromatic N) is 3. The Kier molecular flexibility index (Phi) is 5.58. The summed E-state index contributed by atoms with van der Waals surface area (Å²) in [5.41, 5.74) is 1.66. The van der Waals surface area contributed by atoms with Gasteiger partial charge in [-0.25, -0.2) is 4.68 Å². The smallest absolute Gasteiger partial charge is 0.204 e. The van der Waals surface area contributed by atoms with Crippen molar-refractivity contribution in [3.8, 4) is 5.69 Å². The standard InChI is InChI=1S/C14H19N3O2S/c1-4-18-14(19-5-2)13-10-17(16-15-13)11-7-6-8-12(9-11)20-3/h6-10,14H,4-5H2,1-3H3. The van der Waals surface area contributed by atoms with E-state index in [0.717, 1.165) is 5.69 Å². The van der Waals surface area contributed by atoms with Gasteiger partial charge < -0.3 is 9.47 Å². The van der Waals surface area contributed by atoms with E-state index in [0.29, 0.717) is 18.9 Å². The first-order valence-corrected chi connectivity index (χ1v) is 7.80. The number of aromatic nitrogens is 3. The van der Waals surface area contributed by atoms with Gasteiger partial charge >= 0.3 is 0 Å². The predicted octanol–water partition coefficient (Wildman–Crippen LogP) is 3.06. The maximum Gasteiger partial charge on any atom is 0.204 e. The summed E-state index contributed by atoms with van der Waals surface area (Å²) < 4.78 is 12.8. The van der Waals surface area contributed by atoms with Crippen LogP contribution in [-0.2, 0) is 9.47 Å². The lowest BCUT2D eigenvalue weighted by Gasteiger charge is -2.13. The zero-order valence-corrected chi connectivity index (χ0v) is 12.8. The molecule has 0 bridgehead atoms. The van der Waals surface area contributed by atoms with Crippen LogP contribution in [0.4, 0.5) is 0 Å². The highest BCUT2D eigenvalue weighted by Gasteiger charge is 2.16. The molecule has 108 valence electrons. The second kappa shape index (κ2) is 7.42. The molecule has 0 aliphatic heterocycles. The molecule has 2 rings (SSSR count). The van der Waals surface area contributed by atoms with Crippen LogP contribution in [0, 0.1) is 0 Å². The molecule has 0 saturated heterocycles. The van der Waals surface area contributed by atoms with E-state index in [2.05, 4.69) is 22.4 Å². The summed E-state index contributed by atoms with van der Waals surface area (Å²) in [6.45, 7) is 5.00. The second-order valence-electron chi connectivity index (χ2n) is 4.03. The topological polar surface area (TPSA) is 49.2 Å². The maximum absolute atomic E-state index is 5.52. The van der Waals surface area contributed by atoms with Crippen molar-refractivity contribution in [1.29, 1.82) is 0 Å². The predicted molar refractivity (Wildman–Crippen MR) is 79.1 cm³/mol. The molecule has 0 spiro atoms. The van der Waals surface area contributed by atoms with E-state index in [1.54, 1.807) is 16.4 Å². The first-order valence-electron chi connectivity index (χ1n) is 6.58.